The van der Waals surface area contributed by atoms with Crippen LogP contribution in [0.25, 0.3) is 0 Å². The number of nitrogens with zero attached hydrogens (tertiary/aromatic N) is 3. The average Bonchev–Trinajstić information content (AvgIpc) is 2.76. The van der Waals surface area contributed by atoms with Gasteiger partial charge in [0, 0.05) is 24.6 Å². The SMILES string of the molecule is C=CC(=O)OCCCc1nc(OCCOC(=O)C=C)nc(OCCOC(=O)C=C)n1. The highest BCUT2D eigenvalue weighted by molar-refractivity contribution is 5.81. The van der Waals surface area contributed by atoms with E-state index in [1.165, 1.54) is 0 Å². The van der Waals surface area contributed by atoms with E-state index in [1.807, 2.05) is 0 Å². The first kappa shape index (κ1) is 24.3. The van der Waals surface area contributed by atoms with E-state index in [-0.39, 0.29) is 45.1 Å². The van der Waals surface area contributed by atoms with Gasteiger partial charge in [0.05, 0.1) is 6.61 Å². The number of aromatic nitrogens is 3. The summed E-state index contributed by atoms with van der Waals surface area (Å²) >= 11 is 0. The molecule has 30 heavy (non-hydrogen) atoms. The summed E-state index contributed by atoms with van der Waals surface area (Å²) < 4.78 is 25.2. The van der Waals surface area contributed by atoms with Crippen LogP contribution in [-0.2, 0) is 35.0 Å². The first-order valence-electron chi connectivity index (χ1n) is 8.86. The second kappa shape index (κ2) is 14.3. The van der Waals surface area contributed by atoms with Crippen LogP contribution < -0.4 is 9.47 Å². The lowest BCUT2D eigenvalue weighted by atomic mass is 10.3. The van der Waals surface area contributed by atoms with Gasteiger partial charge in [0.1, 0.15) is 32.3 Å². The Kier molecular flexibility index (Phi) is 11.5. The Hall–Kier alpha value is -3.76. The van der Waals surface area contributed by atoms with E-state index in [1.54, 1.807) is 0 Å². The maximum atomic E-state index is 11.1. The quantitative estimate of drug-likeness (QED) is 0.172. The van der Waals surface area contributed by atoms with Crippen molar-refractivity contribution in [3.05, 3.63) is 43.8 Å². The van der Waals surface area contributed by atoms with Gasteiger partial charge in [0.25, 0.3) is 0 Å². The fourth-order valence-corrected chi connectivity index (χ4v) is 1.75. The zero-order chi connectivity index (χ0) is 22.2. The molecule has 1 aromatic heterocycles. The largest absolute Gasteiger partial charge is 0.463 e. The van der Waals surface area contributed by atoms with Crippen LogP contribution in [0.3, 0.4) is 0 Å². The van der Waals surface area contributed by atoms with Gasteiger partial charge in [-0.25, -0.2) is 14.4 Å². The predicted octanol–water partition coefficient (Wildman–Crippen LogP) is 0.749. The lowest BCUT2D eigenvalue weighted by molar-refractivity contribution is -0.139. The Morgan fingerprint density at radius 1 is 0.667 bits per heavy atom. The van der Waals surface area contributed by atoms with Crippen LogP contribution >= 0.6 is 0 Å². The first-order valence-corrected chi connectivity index (χ1v) is 8.86. The summed E-state index contributed by atoms with van der Waals surface area (Å²) in [7, 11) is 0. The molecule has 0 fully saturated rings. The minimum Gasteiger partial charge on any atom is -0.463 e. The number of carbonyl (C=O) groups is 3. The van der Waals surface area contributed by atoms with E-state index >= 15 is 0 Å². The van der Waals surface area contributed by atoms with Gasteiger partial charge in [-0.05, 0) is 6.42 Å². The zero-order valence-corrected chi connectivity index (χ0v) is 16.4. The maximum absolute atomic E-state index is 11.1. The second-order valence-electron chi connectivity index (χ2n) is 5.23. The van der Waals surface area contributed by atoms with Gasteiger partial charge in [-0.1, -0.05) is 19.7 Å². The van der Waals surface area contributed by atoms with Crippen molar-refractivity contribution < 1.29 is 38.1 Å². The molecule has 0 radical (unpaired) electrons. The van der Waals surface area contributed by atoms with Crippen LogP contribution in [0.2, 0.25) is 0 Å². The predicted molar refractivity (Wildman–Crippen MR) is 103 cm³/mol. The number of hydrogen-bond acceptors (Lipinski definition) is 11. The molecule has 0 saturated heterocycles. The monoisotopic (exact) mass is 421 g/mol. The standard InChI is InChI=1S/C19H23N3O8/c1-4-15(23)26-9-7-8-14-20-18(29-12-10-27-16(24)5-2)22-19(21-14)30-13-11-28-17(25)6-3/h4-6H,1-3,7-13H2. The van der Waals surface area contributed by atoms with Crippen molar-refractivity contribution in [2.24, 2.45) is 0 Å². The molecule has 0 aliphatic rings. The van der Waals surface area contributed by atoms with Crippen molar-refractivity contribution in [1.82, 2.24) is 15.0 Å². The van der Waals surface area contributed by atoms with E-state index in [4.69, 9.17) is 23.7 Å². The highest BCUT2D eigenvalue weighted by atomic mass is 16.6. The molecule has 1 rings (SSSR count). The molecule has 1 aromatic rings. The van der Waals surface area contributed by atoms with Crippen LogP contribution in [-0.4, -0.2) is 65.9 Å². The second-order valence-corrected chi connectivity index (χ2v) is 5.23. The number of aryl methyl sites for hydroxylation is 1. The number of carbonyl (C=O) groups excluding carboxylic acids is 3. The molecule has 0 saturated carbocycles. The van der Waals surface area contributed by atoms with E-state index < -0.39 is 17.9 Å². The summed E-state index contributed by atoms with van der Waals surface area (Å²) in [6, 6.07) is -0.0911. The summed E-state index contributed by atoms with van der Waals surface area (Å²) in [6.45, 7) is 9.96. The van der Waals surface area contributed by atoms with Gasteiger partial charge in [-0.3, -0.25) is 0 Å². The van der Waals surface area contributed by atoms with Crippen LogP contribution in [0.15, 0.2) is 38.0 Å². The van der Waals surface area contributed by atoms with Crippen molar-refractivity contribution in [3.8, 4) is 12.0 Å². The smallest absolute Gasteiger partial charge is 0.330 e. The lowest BCUT2D eigenvalue weighted by Gasteiger charge is -2.09. The molecule has 0 amide bonds. The molecule has 0 aliphatic heterocycles. The van der Waals surface area contributed by atoms with E-state index in [0.29, 0.717) is 18.7 Å². The Labute approximate surface area is 173 Å². The molecule has 11 nitrogen and oxygen atoms in total. The molecule has 0 spiro atoms. The summed E-state index contributed by atoms with van der Waals surface area (Å²) in [6.07, 6.45) is 3.92. The van der Waals surface area contributed by atoms with Crippen LogP contribution in [0.5, 0.6) is 12.0 Å². The summed E-state index contributed by atoms with van der Waals surface area (Å²) in [5.74, 6) is -1.36. The molecular weight excluding hydrogens is 398 g/mol. The molecule has 0 aliphatic carbocycles. The Bertz CT molecular complexity index is 654. The van der Waals surface area contributed by atoms with E-state index in [0.717, 1.165) is 18.2 Å². The first-order chi connectivity index (χ1) is 14.5. The van der Waals surface area contributed by atoms with Crippen molar-refractivity contribution in [2.45, 2.75) is 12.8 Å². The van der Waals surface area contributed by atoms with Gasteiger partial charge in [-0.15, -0.1) is 4.98 Å². The molecule has 0 N–H and O–H groups in total. The third kappa shape index (κ3) is 10.5. The summed E-state index contributed by atoms with van der Waals surface area (Å²) in [4.78, 5) is 45.4. The minimum atomic E-state index is -0.581. The van der Waals surface area contributed by atoms with Crippen LogP contribution in [0.4, 0.5) is 0 Å². The van der Waals surface area contributed by atoms with E-state index in [2.05, 4.69) is 34.7 Å². The topological polar surface area (TPSA) is 136 Å². The third-order valence-electron chi connectivity index (χ3n) is 3.05. The molecule has 0 bridgehead atoms. The van der Waals surface area contributed by atoms with Crippen LogP contribution in [0, 0.1) is 0 Å². The lowest BCUT2D eigenvalue weighted by Crippen LogP contribution is -2.15. The van der Waals surface area contributed by atoms with Gasteiger partial charge in [0.2, 0.25) is 0 Å². The van der Waals surface area contributed by atoms with Crippen LogP contribution in [0.1, 0.15) is 12.2 Å². The normalized spacial score (nSPS) is 9.73. The minimum absolute atomic E-state index is 0.00360. The Morgan fingerprint density at radius 2 is 1.10 bits per heavy atom. The molecule has 11 heteroatoms. The van der Waals surface area contributed by atoms with Crippen molar-refractivity contribution in [2.75, 3.05) is 33.0 Å². The fraction of sp³-hybridized carbons (Fsp3) is 0.368. The van der Waals surface area contributed by atoms with Crippen molar-refractivity contribution in [1.29, 1.82) is 0 Å². The average molecular weight is 421 g/mol. The van der Waals surface area contributed by atoms with E-state index in [9.17, 15) is 14.4 Å². The van der Waals surface area contributed by atoms with Gasteiger partial charge in [-0.2, -0.15) is 9.97 Å². The highest BCUT2D eigenvalue weighted by Gasteiger charge is 2.10. The Morgan fingerprint density at radius 3 is 1.53 bits per heavy atom. The molecule has 1 heterocycles. The van der Waals surface area contributed by atoms with Crippen molar-refractivity contribution >= 4 is 17.9 Å². The Balaban J connectivity index is 2.65. The molecule has 0 aromatic carbocycles. The maximum Gasteiger partial charge on any atom is 0.330 e. The molecular formula is C19H23N3O8. The molecule has 0 atom stereocenters. The molecule has 162 valence electrons. The number of ether oxygens (including phenoxy) is 5. The summed E-state index contributed by atoms with van der Waals surface area (Å²) in [5.41, 5.74) is 0. The third-order valence-corrected chi connectivity index (χ3v) is 3.05. The van der Waals surface area contributed by atoms with Gasteiger partial charge in [0.15, 0.2) is 0 Å². The van der Waals surface area contributed by atoms with Gasteiger partial charge >= 0.3 is 29.9 Å². The molecule has 0 unspecified atom stereocenters. The number of hydrogen-bond donors (Lipinski definition) is 0. The zero-order valence-electron chi connectivity index (χ0n) is 16.4. The number of rotatable bonds is 15. The van der Waals surface area contributed by atoms with Crippen molar-refractivity contribution in [3.63, 3.8) is 0 Å². The summed E-state index contributed by atoms with van der Waals surface area (Å²) in [5, 5.41) is 0. The fourth-order valence-electron chi connectivity index (χ4n) is 1.75. The number of esters is 3. The van der Waals surface area contributed by atoms with Gasteiger partial charge < -0.3 is 23.7 Å². The highest BCUT2D eigenvalue weighted by Crippen LogP contribution is 2.11.